The predicted molar refractivity (Wildman–Crippen MR) is 99.9 cm³/mol. The highest BCUT2D eigenvalue weighted by molar-refractivity contribution is 5.78. The van der Waals surface area contributed by atoms with Crippen molar-refractivity contribution in [3.8, 4) is 0 Å². The minimum atomic E-state index is 0.0794. The molecule has 1 saturated carbocycles. The molecule has 1 atom stereocenters. The lowest BCUT2D eigenvalue weighted by atomic mass is 10.1. The van der Waals surface area contributed by atoms with Crippen molar-refractivity contribution in [3.63, 3.8) is 0 Å². The molecule has 0 bridgehead atoms. The zero-order valence-electron chi connectivity index (χ0n) is 14.9. The number of nitrogens with one attached hydrogen (secondary N) is 1. The van der Waals surface area contributed by atoms with E-state index < -0.39 is 0 Å². The fourth-order valence-electron chi connectivity index (χ4n) is 3.49. The van der Waals surface area contributed by atoms with Gasteiger partial charge in [-0.25, -0.2) is 0 Å². The minimum Gasteiger partial charge on any atom is -0.352 e. The Labute approximate surface area is 150 Å². The first-order chi connectivity index (χ1) is 12.2. The summed E-state index contributed by atoms with van der Waals surface area (Å²) in [4.78, 5) is 19.2. The number of hydrogen-bond acceptors (Lipinski definition) is 3. The van der Waals surface area contributed by atoms with Crippen LogP contribution in [0.4, 0.5) is 0 Å². The molecule has 2 aromatic rings. The van der Waals surface area contributed by atoms with Crippen LogP contribution in [0.3, 0.4) is 0 Å². The molecule has 0 radical (unpaired) electrons. The van der Waals surface area contributed by atoms with E-state index in [2.05, 4.69) is 34.3 Å². The van der Waals surface area contributed by atoms with E-state index in [4.69, 9.17) is 0 Å². The van der Waals surface area contributed by atoms with Gasteiger partial charge >= 0.3 is 0 Å². The van der Waals surface area contributed by atoms with Crippen LogP contribution in [0.5, 0.6) is 0 Å². The van der Waals surface area contributed by atoms with Gasteiger partial charge in [0.2, 0.25) is 5.91 Å². The molecule has 1 N–H and O–H groups in total. The highest BCUT2D eigenvalue weighted by Crippen LogP contribution is 2.21. The number of carbonyl (C=O) groups is 1. The van der Waals surface area contributed by atoms with Gasteiger partial charge in [-0.3, -0.25) is 14.7 Å². The molecule has 1 amide bonds. The van der Waals surface area contributed by atoms with Crippen molar-refractivity contribution in [2.45, 2.75) is 51.2 Å². The molecule has 1 aromatic carbocycles. The van der Waals surface area contributed by atoms with Crippen molar-refractivity contribution in [1.82, 2.24) is 15.2 Å². The average Bonchev–Trinajstić information content (AvgIpc) is 3.15. The highest BCUT2D eigenvalue weighted by atomic mass is 16.2. The molecule has 0 aliphatic heterocycles. The molecule has 1 aliphatic rings. The van der Waals surface area contributed by atoms with Gasteiger partial charge in [0.1, 0.15) is 0 Å². The third-order valence-corrected chi connectivity index (χ3v) is 4.96. The lowest BCUT2D eigenvalue weighted by Gasteiger charge is -2.29. The van der Waals surface area contributed by atoms with E-state index in [1.165, 1.54) is 18.4 Å². The SMILES string of the molecule is C[C@@H](c1ccccn1)N(CC(=O)NC1CCCC1)Cc1ccccc1. The largest absolute Gasteiger partial charge is 0.352 e. The van der Waals surface area contributed by atoms with Crippen LogP contribution in [0.1, 0.15) is 49.9 Å². The second kappa shape index (κ2) is 8.77. The first kappa shape index (κ1) is 17.6. The number of amides is 1. The summed E-state index contributed by atoms with van der Waals surface area (Å²) in [5, 5.41) is 3.20. The zero-order valence-corrected chi connectivity index (χ0v) is 14.9. The zero-order chi connectivity index (χ0) is 17.5. The van der Waals surface area contributed by atoms with Gasteiger partial charge in [-0.1, -0.05) is 49.2 Å². The van der Waals surface area contributed by atoms with Crippen LogP contribution < -0.4 is 5.32 Å². The van der Waals surface area contributed by atoms with Crippen molar-refractivity contribution in [2.24, 2.45) is 0 Å². The molecule has 0 unspecified atom stereocenters. The van der Waals surface area contributed by atoms with Gasteiger partial charge in [0, 0.05) is 18.8 Å². The van der Waals surface area contributed by atoms with E-state index in [-0.39, 0.29) is 11.9 Å². The van der Waals surface area contributed by atoms with Crippen LogP contribution in [-0.4, -0.2) is 28.4 Å². The van der Waals surface area contributed by atoms with Gasteiger partial charge in [0.05, 0.1) is 18.3 Å². The van der Waals surface area contributed by atoms with Gasteiger partial charge in [-0.2, -0.15) is 0 Å². The van der Waals surface area contributed by atoms with Crippen molar-refractivity contribution in [1.29, 1.82) is 0 Å². The monoisotopic (exact) mass is 337 g/mol. The molecule has 132 valence electrons. The molecular formula is C21H27N3O. The number of carbonyl (C=O) groups excluding carboxylic acids is 1. The summed E-state index contributed by atoms with van der Waals surface area (Å²) in [6.45, 7) is 3.24. The lowest BCUT2D eigenvalue weighted by molar-refractivity contribution is -0.123. The van der Waals surface area contributed by atoms with Crippen LogP contribution in [0.2, 0.25) is 0 Å². The Hall–Kier alpha value is -2.20. The average molecular weight is 337 g/mol. The third kappa shape index (κ3) is 5.13. The van der Waals surface area contributed by atoms with Gasteiger partial charge in [0.25, 0.3) is 0 Å². The summed E-state index contributed by atoms with van der Waals surface area (Å²) in [6.07, 6.45) is 6.48. The number of rotatable bonds is 7. The second-order valence-corrected chi connectivity index (χ2v) is 6.87. The smallest absolute Gasteiger partial charge is 0.234 e. The van der Waals surface area contributed by atoms with E-state index in [1.807, 2.05) is 42.6 Å². The fourth-order valence-corrected chi connectivity index (χ4v) is 3.49. The van der Waals surface area contributed by atoms with Gasteiger partial charge in [-0.15, -0.1) is 0 Å². The van der Waals surface area contributed by atoms with E-state index in [9.17, 15) is 4.79 Å². The Morgan fingerprint density at radius 3 is 2.56 bits per heavy atom. The van der Waals surface area contributed by atoms with Crippen LogP contribution in [0.25, 0.3) is 0 Å². The summed E-state index contributed by atoms with van der Waals surface area (Å²) in [7, 11) is 0. The Kier molecular flexibility index (Phi) is 6.18. The van der Waals surface area contributed by atoms with Gasteiger partial charge in [0.15, 0.2) is 0 Å². The van der Waals surface area contributed by atoms with Gasteiger partial charge in [-0.05, 0) is 37.5 Å². The maximum atomic E-state index is 12.6. The Morgan fingerprint density at radius 2 is 1.88 bits per heavy atom. The normalized spacial score (nSPS) is 16.1. The summed E-state index contributed by atoms with van der Waals surface area (Å²) in [6, 6.07) is 16.7. The van der Waals surface area contributed by atoms with Crippen LogP contribution in [0.15, 0.2) is 54.7 Å². The molecule has 3 rings (SSSR count). The molecule has 1 aliphatic carbocycles. The summed E-state index contributed by atoms with van der Waals surface area (Å²) in [5.41, 5.74) is 2.20. The van der Waals surface area contributed by atoms with Crippen molar-refractivity contribution in [3.05, 3.63) is 66.0 Å². The number of nitrogens with zero attached hydrogens (tertiary/aromatic N) is 2. The Morgan fingerprint density at radius 1 is 1.16 bits per heavy atom. The van der Waals surface area contributed by atoms with Crippen molar-refractivity contribution >= 4 is 5.91 Å². The predicted octanol–water partition coefficient (Wildman–Crippen LogP) is 3.70. The molecule has 0 spiro atoms. The lowest BCUT2D eigenvalue weighted by Crippen LogP contribution is -2.41. The molecular weight excluding hydrogens is 310 g/mol. The maximum Gasteiger partial charge on any atom is 0.234 e. The molecule has 0 saturated heterocycles. The van der Waals surface area contributed by atoms with Crippen molar-refractivity contribution < 1.29 is 4.79 Å². The van der Waals surface area contributed by atoms with Gasteiger partial charge < -0.3 is 5.32 Å². The van der Waals surface area contributed by atoms with E-state index >= 15 is 0 Å². The molecule has 1 aromatic heterocycles. The highest BCUT2D eigenvalue weighted by Gasteiger charge is 2.22. The number of benzene rings is 1. The summed E-state index contributed by atoms with van der Waals surface area (Å²) >= 11 is 0. The van der Waals surface area contributed by atoms with E-state index in [0.717, 1.165) is 25.1 Å². The van der Waals surface area contributed by atoms with E-state index in [0.29, 0.717) is 12.6 Å². The Bertz CT molecular complexity index is 653. The first-order valence-electron chi connectivity index (χ1n) is 9.20. The summed E-state index contributed by atoms with van der Waals surface area (Å²) in [5.74, 6) is 0.116. The topological polar surface area (TPSA) is 45.2 Å². The minimum absolute atomic E-state index is 0.0794. The Balaban J connectivity index is 1.70. The second-order valence-electron chi connectivity index (χ2n) is 6.87. The van der Waals surface area contributed by atoms with Crippen molar-refractivity contribution in [2.75, 3.05) is 6.54 Å². The first-order valence-corrected chi connectivity index (χ1v) is 9.20. The van der Waals surface area contributed by atoms with Crippen LogP contribution in [-0.2, 0) is 11.3 Å². The van der Waals surface area contributed by atoms with Crippen LogP contribution in [0, 0.1) is 0 Å². The number of aromatic nitrogens is 1. The fraction of sp³-hybridized carbons (Fsp3) is 0.429. The standard InChI is InChI=1S/C21H27N3O/c1-17(20-13-7-8-14-22-20)24(15-18-9-3-2-4-10-18)16-21(25)23-19-11-5-6-12-19/h2-4,7-10,13-14,17,19H,5-6,11-12,15-16H2,1H3,(H,23,25)/t17-/m0/s1. The molecule has 4 nitrogen and oxygen atoms in total. The summed E-state index contributed by atoms with van der Waals surface area (Å²) < 4.78 is 0. The molecule has 25 heavy (non-hydrogen) atoms. The maximum absolute atomic E-state index is 12.6. The number of pyridine rings is 1. The van der Waals surface area contributed by atoms with E-state index in [1.54, 1.807) is 0 Å². The molecule has 1 heterocycles. The third-order valence-electron chi connectivity index (χ3n) is 4.96. The number of hydrogen-bond donors (Lipinski definition) is 1. The van der Waals surface area contributed by atoms with Crippen LogP contribution >= 0.6 is 0 Å². The molecule has 1 fully saturated rings. The quantitative estimate of drug-likeness (QED) is 0.838. The molecule has 4 heteroatoms.